The van der Waals surface area contributed by atoms with Gasteiger partial charge in [-0.3, -0.25) is 4.79 Å². The molecule has 8 nitrogen and oxygen atoms in total. The molecule has 162 valence electrons. The van der Waals surface area contributed by atoms with E-state index in [2.05, 4.69) is 10.3 Å². The number of hydrogen-bond donors (Lipinski definition) is 2. The van der Waals surface area contributed by atoms with Crippen molar-refractivity contribution in [1.82, 2.24) is 10.3 Å². The molecule has 1 aliphatic heterocycles. The number of amides is 1. The molecule has 1 fully saturated rings. The van der Waals surface area contributed by atoms with Gasteiger partial charge in [-0.25, -0.2) is 9.37 Å². The molecule has 1 saturated heterocycles. The van der Waals surface area contributed by atoms with Crippen LogP contribution >= 0.6 is 0 Å². The molecule has 31 heavy (non-hydrogen) atoms. The van der Waals surface area contributed by atoms with E-state index in [0.29, 0.717) is 35.1 Å². The second kappa shape index (κ2) is 8.83. The van der Waals surface area contributed by atoms with Crippen LogP contribution in [0.1, 0.15) is 28.0 Å². The number of nitrogens with zero attached hydrogens (tertiary/aromatic N) is 2. The number of aliphatic hydroxyl groups is 1. The van der Waals surface area contributed by atoms with Crippen molar-refractivity contribution in [3.63, 3.8) is 0 Å². The molecule has 4 rings (SSSR count). The number of carbonyl (C=O) groups excluding carboxylic acids is 1. The summed E-state index contributed by atoms with van der Waals surface area (Å²) in [6.45, 7) is 0.577. The largest absolute Gasteiger partial charge is 0.616 e. The molecule has 2 aromatic heterocycles. The molecule has 3 heterocycles. The summed E-state index contributed by atoms with van der Waals surface area (Å²) in [5.41, 5.74) is 1.56. The van der Waals surface area contributed by atoms with E-state index < -0.39 is 23.9 Å². The summed E-state index contributed by atoms with van der Waals surface area (Å²) in [4.78, 5) is 17.1. The second-order valence-corrected chi connectivity index (χ2v) is 7.39. The van der Waals surface area contributed by atoms with Crippen LogP contribution in [-0.4, -0.2) is 48.5 Å². The summed E-state index contributed by atoms with van der Waals surface area (Å²) in [6, 6.07) is 8.98. The maximum absolute atomic E-state index is 14.5. The average Bonchev–Trinajstić information content (AvgIpc) is 2.77. The maximum atomic E-state index is 14.5. The maximum Gasteiger partial charge on any atom is 0.379 e. The molecule has 0 saturated carbocycles. The predicted molar refractivity (Wildman–Crippen MR) is 109 cm³/mol. The normalized spacial score (nSPS) is 18.7. The lowest BCUT2D eigenvalue weighted by Gasteiger charge is -2.28. The summed E-state index contributed by atoms with van der Waals surface area (Å²) in [5, 5.41) is 25.1. The van der Waals surface area contributed by atoms with Crippen LogP contribution < -0.4 is 14.8 Å². The molecule has 0 aliphatic carbocycles. The van der Waals surface area contributed by atoms with E-state index in [4.69, 9.17) is 9.47 Å². The SMILES string of the molecule is COc1cc(Cc2cc(C(=O)N[C@H]3CCOC[C@@H]3O)nc3c(F)cccc23)cc[n+]1[O-]. The molecule has 0 unspecified atom stereocenters. The van der Waals surface area contributed by atoms with Gasteiger partial charge in [0.1, 0.15) is 17.0 Å². The highest BCUT2D eigenvalue weighted by Gasteiger charge is 2.26. The molecule has 9 heteroatoms. The standard InChI is InChI=1S/C22H22FN3O5/c1-30-20-10-13(5-7-26(20)29)9-14-11-18(24-21-15(14)3-2-4-16(21)23)22(28)25-17-6-8-31-12-19(17)27/h2-5,7,10-11,17,19,27H,6,8-9,12H2,1H3,(H,25,28)/t17-,19-/m0/s1. The van der Waals surface area contributed by atoms with Crippen molar-refractivity contribution in [2.24, 2.45) is 0 Å². The Bertz CT molecular complexity index is 1120. The molecule has 0 spiro atoms. The Labute approximate surface area is 177 Å². The monoisotopic (exact) mass is 427 g/mol. The zero-order chi connectivity index (χ0) is 22.0. The number of ether oxygens (including phenoxy) is 2. The third-order valence-corrected chi connectivity index (χ3v) is 5.31. The second-order valence-electron chi connectivity index (χ2n) is 7.39. The zero-order valence-electron chi connectivity index (χ0n) is 16.9. The van der Waals surface area contributed by atoms with Crippen LogP contribution in [0, 0.1) is 11.0 Å². The summed E-state index contributed by atoms with van der Waals surface area (Å²) < 4.78 is 25.4. The number of carbonyl (C=O) groups is 1. The minimum Gasteiger partial charge on any atom is -0.616 e. The summed E-state index contributed by atoms with van der Waals surface area (Å²) >= 11 is 0. The minimum absolute atomic E-state index is 0.0491. The van der Waals surface area contributed by atoms with E-state index in [-0.39, 0.29) is 23.7 Å². The van der Waals surface area contributed by atoms with Gasteiger partial charge in [0, 0.05) is 18.1 Å². The Morgan fingerprint density at radius 3 is 3.03 bits per heavy atom. The topological polar surface area (TPSA) is 108 Å². The van der Waals surface area contributed by atoms with Gasteiger partial charge in [-0.15, -0.1) is 4.73 Å². The van der Waals surface area contributed by atoms with Gasteiger partial charge in [0.25, 0.3) is 5.91 Å². The number of benzene rings is 1. The quantitative estimate of drug-likeness (QED) is 0.472. The summed E-state index contributed by atoms with van der Waals surface area (Å²) in [7, 11) is 1.40. The lowest BCUT2D eigenvalue weighted by atomic mass is 10.00. The molecule has 1 aromatic carbocycles. The van der Waals surface area contributed by atoms with Crippen LogP contribution in [0.5, 0.6) is 5.88 Å². The molecule has 1 amide bonds. The third kappa shape index (κ3) is 4.42. The first-order valence-corrected chi connectivity index (χ1v) is 9.87. The highest BCUT2D eigenvalue weighted by molar-refractivity contribution is 5.96. The van der Waals surface area contributed by atoms with Gasteiger partial charge in [0.15, 0.2) is 6.20 Å². The predicted octanol–water partition coefficient (Wildman–Crippen LogP) is 1.49. The molecular weight excluding hydrogens is 405 g/mol. The van der Waals surface area contributed by atoms with Crippen molar-refractivity contribution < 1.29 is 28.5 Å². The number of halogens is 1. The summed E-state index contributed by atoms with van der Waals surface area (Å²) in [5.74, 6) is -0.906. The van der Waals surface area contributed by atoms with Crippen LogP contribution in [0.4, 0.5) is 4.39 Å². The first kappa shape index (κ1) is 21.0. The smallest absolute Gasteiger partial charge is 0.379 e. The van der Waals surface area contributed by atoms with E-state index in [1.165, 1.54) is 19.4 Å². The average molecular weight is 427 g/mol. The highest BCUT2D eigenvalue weighted by Crippen LogP contribution is 2.24. The van der Waals surface area contributed by atoms with Gasteiger partial charge < -0.3 is 25.1 Å². The van der Waals surface area contributed by atoms with Crippen molar-refractivity contribution in [1.29, 1.82) is 0 Å². The fourth-order valence-electron chi connectivity index (χ4n) is 3.67. The van der Waals surface area contributed by atoms with Crippen LogP contribution in [-0.2, 0) is 11.2 Å². The lowest BCUT2D eigenvalue weighted by Crippen LogP contribution is -2.48. The van der Waals surface area contributed by atoms with Gasteiger partial charge in [0.2, 0.25) is 0 Å². The number of nitrogens with one attached hydrogen (secondary N) is 1. The minimum atomic E-state index is -0.815. The number of fused-ring (bicyclic) bond motifs is 1. The van der Waals surface area contributed by atoms with Crippen LogP contribution in [0.25, 0.3) is 10.9 Å². The van der Waals surface area contributed by atoms with Gasteiger partial charge >= 0.3 is 5.88 Å². The van der Waals surface area contributed by atoms with Gasteiger partial charge in [-0.2, -0.15) is 0 Å². The van der Waals surface area contributed by atoms with E-state index in [1.54, 1.807) is 30.3 Å². The van der Waals surface area contributed by atoms with Crippen LogP contribution in [0.3, 0.4) is 0 Å². The number of rotatable bonds is 5. The highest BCUT2D eigenvalue weighted by atomic mass is 19.1. The first-order valence-electron chi connectivity index (χ1n) is 9.87. The Morgan fingerprint density at radius 2 is 2.26 bits per heavy atom. The Hall–Kier alpha value is -3.30. The van der Waals surface area contributed by atoms with Crippen LogP contribution in [0.15, 0.2) is 42.6 Å². The lowest BCUT2D eigenvalue weighted by molar-refractivity contribution is -0.612. The number of pyridine rings is 2. The first-order chi connectivity index (χ1) is 15.0. The van der Waals surface area contributed by atoms with Crippen molar-refractivity contribution in [3.05, 3.63) is 70.4 Å². The van der Waals surface area contributed by atoms with Crippen molar-refractivity contribution in [3.8, 4) is 5.88 Å². The third-order valence-electron chi connectivity index (χ3n) is 5.31. The molecule has 0 bridgehead atoms. The molecule has 3 aromatic rings. The molecule has 2 atom stereocenters. The molecule has 0 radical (unpaired) electrons. The fourth-order valence-corrected chi connectivity index (χ4v) is 3.67. The zero-order valence-corrected chi connectivity index (χ0v) is 16.9. The molecule has 2 N–H and O–H groups in total. The number of aliphatic hydroxyl groups excluding tert-OH is 1. The van der Waals surface area contributed by atoms with E-state index >= 15 is 0 Å². The van der Waals surface area contributed by atoms with E-state index in [1.807, 2.05) is 0 Å². The number of para-hydroxylation sites is 1. The van der Waals surface area contributed by atoms with E-state index in [9.17, 15) is 19.5 Å². The fraction of sp³-hybridized carbons (Fsp3) is 0.318. The van der Waals surface area contributed by atoms with Gasteiger partial charge in [0.05, 0.1) is 31.9 Å². The Balaban J connectivity index is 1.71. The van der Waals surface area contributed by atoms with Crippen molar-refractivity contribution in [2.75, 3.05) is 20.3 Å². The van der Waals surface area contributed by atoms with Crippen molar-refractivity contribution >= 4 is 16.8 Å². The Kier molecular flexibility index (Phi) is 5.97. The number of methoxy groups -OCH3 is 1. The summed E-state index contributed by atoms with van der Waals surface area (Å²) in [6.07, 6.45) is 1.32. The van der Waals surface area contributed by atoms with Crippen LogP contribution in [0.2, 0.25) is 0 Å². The Morgan fingerprint density at radius 1 is 1.42 bits per heavy atom. The number of aromatic nitrogens is 2. The van der Waals surface area contributed by atoms with Gasteiger partial charge in [-0.05, 0) is 36.1 Å². The molecular formula is C22H22FN3O5. The van der Waals surface area contributed by atoms with Crippen molar-refractivity contribution in [2.45, 2.75) is 25.0 Å². The van der Waals surface area contributed by atoms with Gasteiger partial charge in [-0.1, -0.05) is 12.1 Å². The number of hydrogen-bond acceptors (Lipinski definition) is 6. The molecule has 1 aliphatic rings. The van der Waals surface area contributed by atoms with E-state index in [0.717, 1.165) is 5.56 Å².